The van der Waals surface area contributed by atoms with E-state index in [1.807, 2.05) is 6.07 Å². The molecule has 0 bridgehead atoms. The third-order valence-electron chi connectivity index (χ3n) is 3.84. The van der Waals surface area contributed by atoms with Crippen molar-refractivity contribution in [1.29, 1.82) is 0 Å². The molecule has 0 saturated heterocycles. The van der Waals surface area contributed by atoms with Crippen LogP contribution in [0.4, 0.5) is 0 Å². The van der Waals surface area contributed by atoms with Crippen molar-refractivity contribution in [3.05, 3.63) is 69.9 Å². The normalized spacial score (nSPS) is 17.6. The Balaban J connectivity index is 1.68. The monoisotopic (exact) mass is 296 g/mol. The molecule has 0 aliphatic carbocycles. The summed E-state index contributed by atoms with van der Waals surface area (Å²) in [7, 11) is 0. The molecule has 21 heavy (non-hydrogen) atoms. The number of fused-ring (bicyclic) bond motifs is 1. The van der Waals surface area contributed by atoms with Crippen LogP contribution < -0.4 is 5.32 Å². The molecular weight excluding hydrogens is 280 g/mol. The number of aromatic nitrogens is 3. The van der Waals surface area contributed by atoms with Crippen LogP contribution in [0.3, 0.4) is 0 Å². The molecule has 5 heteroatoms. The van der Waals surface area contributed by atoms with E-state index in [9.17, 15) is 0 Å². The first-order valence-electron chi connectivity index (χ1n) is 7.14. The fourth-order valence-electron chi connectivity index (χ4n) is 2.83. The Morgan fingerprint density at radius 3 is 2.86 bits per heavy atom. The lowest BCUT2D eigenvalue weighted by Gasteiger charge is -2.25. The van der Waals surface area contributed by atoms with Crippen molar-refractivity contribution in [1.82, 2.24) is 20.1 Å². The van der Waals surface area contributed by atoms with Gasteiger partial charge in [-0.3, -0.25) is 0 Å². The second-order valence-electron chi connectivity index (χ2n) is 5.18. The van der Waals surface area contributed by atoms with Crippen LogP contribution >= 0.6 is 11.3 Å². The molecule has 4 nitrogen and oxygen atoms in total. The van der Waals surface area contributed by atoms with Gasteiger partial charge < -0.3 is 9.88 Å². The third-order valence-corrected chi connectivity index (χ3v) is 4.72. The van der Waals surface area contributed by atoms with Crippen molar-refractivity contribution in [3.8, 4) is 0 Å². The number of thiophene rings is 1. The Hall–Kier alpha value is -1.98. The van der Waals surface area contributed by atoms with Crippen molar-refractivity contribution in [3.63, 3.8) is 0 Å². The van der Waals surface area contributed by atoms with Gasteiger partial charge in [-0.1, -0.05) is 36.4 Å². The van der Waals surface area contributed by atoms with Gasteiger partial charge in [0.05, 0.1) is 6.04 Å². The van der Waals surface area contributed by atoms with E-state index >= 15 is 0 Å². The number of hydrogen-bond donors (Lipinski definition) is 1. The van der Waals surface area contributed by atoms with Gasteiger partial charge in [0, 0.05) is 24.4 Å². The smallest absolute Gasteiger partial charge is 0.154 e. The molecule has 0 radical (unpaired) electrons. The summed E-state index contributed by atoms with van der Waals surface area (Å²) in [5.41, 5.74) is 1.24. The summed E-state index contributed by atoms with van der Waals surface area (Å²) in [5, 5.41) is 14.5. The van der Waals surface area contributed by atoms with Crippen LogP contribution in [0.15, 0.2) is 47.8 Å². The zero-order valence-electron chi connectivity index (χ0n) is 11.6. The zero-order chi connectivity index (χ0) is 14.1. The van der Waals surface area contributed by atoms with Crippen LogP contribution in [-0.2, 0) is 13.0 Å². The molecule has 106 valence electrons. The highest BCUT2D eigenvalue weighted by Gasteiger charge is 2.25. The first-order valence-corrected chi connectivity index (χ1v) is 8.02. The maximum atomic E-state index is 4.45. The number of nitrogens with one attached hydrogen (secondary N) is 1. The van der Waals surface area contributed by atoms with E-state index in [4.69, 9.17) is 0 Å². The van der Waals surface area contributed by atoms with Gasteiger partial charge in [-0.2, -0.15) is 0 Å². The van der Waals surface area contributed by atoms with Gasteiger partial charge in [0.2, 0.25) is 0 Å². The minimum atomic E-state index is 0.143. The van der Waals surface area contributed by atoms with E-state index in [2.05, 4.69) is 61.9 Å². The molecule has 0 saturated carbocycles. The Labute approximate surface area is 127 Å². The lowest BCUT2D eigenvalue weighted by atomic mass is 10.0. The summed E-state index contributed by atoms with van der Waals surface area (Å²) in [6.45, 7) is 1.88. The second-order valence-corrected chi connectivity index (χ2v) is 6.21. The fourth-order valence-corrected chi connectivity index (χ4v) is 3.53. The lowest BCUT2D eigenvalue weighted by molar-refractivity contribution is 0.449. The summed E-state index contributed by atoms with van der Waals surface area (Å²) < 4.78 is 2.27. The van der Waals surface area contributed by atoms with Gasteiger partial charge in [0.1, 0.15) is 5.82 Å². The molecule has 1 N–H and O–H groups in total. The average Bonchev–Trinajstić information content (AvgIpc) is 3.19. The third kappa shape index (κ3) is 2.39. The van der Waals surface area contributed by atoms with Crippen molar-refractivity contribution >= 4 is 11.3 Å². The standard InChI is InChI=1S/C16H16N4S/c1-2-5-12(6-3-1)15-16-19-18-14(20(16)9-8-17-15)11-13-7-4-10-21-13/h1-7,10,15,17H,8-9,11H2. The van der Waals surface area contributed by atoms with E-state index in [1.54, 1.807) is 11.3 Å². The lowest BCUT2D eigenvalue weighted by Crippen LogP contribution is -2.34. The number of benzene rings is 1. The topological polar surface area (TPSA) is 42.7 Å². The van der Waals surface area contributed by atoms with Gasteiger partial charge in [-0.05, 0) is 17.0 Å². The highest BCUT2D eigenvalue weighted by Crippen LogP contribution is 2.25. The summed E-state index contributed by atoms with van der Waals surface area (Å²) in [6.07, 6.45) is 0.867. The molecule has 3 aromatic rings. The highest BCUT2D eigenvalue weighted by molar-refractivity contribution is 7.09. The summed E-state index contributed by atoms with van der Waals surface area (Å²) in [6, 6.07) is 14.8. The van der Waals surface area contributed by atoms with E-state index in [1.165, 1.54) is 10.4 Å². The minimum absolute atomic E-state index is 0.143. The molecule has 1 unspecified atom stereocenters. The highest BCUT2D eigenvalue weighted by atomic mass is 32.1. The van der Waals surface area contributed by atoms with Crippen LogP contribution in [-0.4, -0.2) is 21.3 Å². The minimum Gasteiger partial charge on any atom is -0.312 e. The molecule has 0 fully saturated rings. The van der Waals surface area contributed by atoms with Crippen molar-refractivity contribution in [2.24, 2.45) is 0 Å². The average molecular weight is 296 g/mol. The van der Waals surface area contributed by atoms with Crippen molar-refractivity contribution < 1.29 is 0 Å². The first kappa shape index (κ1) is 12.7. The van der Waals surface area contributed by atoms with Gasteiger partial charge >= 0.3 is 0 Å². The maximum absolute atomic E-state index is 4.45. The van der Waals surface area contributed by atoms with Crippen molar-refractivity contribution in [2.45, 2.75) is 19.0 Å². The molecule has 3 heterocycles. The summed E-state index contributed by atoms with van der Waals surface area (Å²) in [4.78, 5) is 1.33. The largest absolute Gasteiger partial charge is 0.312 e. The molecule has 1 aliphatic heterocycles. The maximum Gasteiger partial charge on any atom is 0.154 e. The predicted octanol–water partition coefficient (Wildman–Crippen LogP) is 2.62. The van der Waals surface area contributed by atoms with Crippen LogP contribution in [0.1, 0.15) is 28.1 Å². The van der Waals surface area contributed by atoms with Gasteiger partial charge in [-0.15, -0.1) is 21.5 Å². The Morgan fingerprint density at radius 1 is 1.14 bits per heavy atom. The quantitative estimate of drug-likeness (QED) is 0.808. The van der Waals surface area contributed by atoms with Gasteiger partial charge in [0.25, 0.3) is 0 Å². The number of rotatable bonds is 3. The van der Waals surface area contributed by atoms with E-state index in [0.29, 0.717) is 0 Å². The summed E-state index contributed by atoms with van der Waals surface area (Å²) in [5.74, 6) is 2.09. The Kier molecular flexibility index (Phi) is 3.29. The molecule has 1 atom stereocenters. The molecule has 0 spiro atoms. The Morgan fingerprint density at radius 2 is 2.05 bits per heavy atom. The van der Waals surface area contributed by atoms with Crippen LogP contribution in [0.2, 0.25) is 0 Å². The fraction of sp³-hybridized carbons (Fsp3) is 0.250. The molecular formula is C16H16N4S. The van der Waals surface area contributed by atoms with Gasteiger partial charge in [0.15, 0.2) is 5.82 Å². The molecule has 1 aliphatic rings. The molecule has 2 aromatic heterocycles. The Bertz CT molecular complexity index is 718. The molecule has 1 aromatic carbocycles. The first-order chi connectivity index (χ1) is 10.4. The second kappa shape index (κ2) is 5.42. The van der Waals surface area contributed by atoms with Crippen LogP contribution in [0, 0.1) is 0 Å². The summed E-state index contributed by atoms with van der Waals surface area (Å²) >= 11 is 1.77. The number of hydrogen-bond acceptors (Lipinski definition) is 4. The van der Waals surface area contributed by atoms with Crippen LogP contribution in [0.25, 0.3) is 0 Å². The van der Waals surface area contributed by atoms with Crippen molar-refractivity contribution in [2.75, 3.05) is 6.54 Å². The molecule has 0 amide bonds. The van der Waals surface area contributed by atoms with Crippen LogP contribution in [0.5, 0.6) is 0 Å². The van der Waals surface area contributed by atoms with E-state index < -0.39 is 0 Å². The zero-order valence-corrected chi connectivity index (χ0v) is 12.4. The molecule has 4 rings (SSSR count). The van der Waals surface area contributed by atoms with Gasteiger partial charge in [-0.25, -0.2) is 0 Å². The SMILES string of the molecule is c1ccc(C2NCCn3c(Cc4cccs4)nnc32)cc1. The predicted molar refractivity (Wildman–Crippen MR) is 83.4 cm³/mol. The van der Waals surface area contributed by atoms with E-state index in [-0.39, 0.29) is 6.04 Å². The number of nitrogens with zero attached hydrogens (tertiary/aromatic N) is 3. The van der Waals surface area contributed by atoms with E-state index in [0.717, 1.165) is 31.2 Å².